The third-order valence-corrected chi connectivity index (χ3v) is 2.28. The molecule has 1 aromatic carbocycles. The molecule has 80 valence electrons. The van der Waals surface area contributed by atoms with Gasteiger partial charge in [0.1, 0.15) is 5.75 Å². The van der Waals surface area contributed by atoms with E-state index in [1.807, 2.05) is 13.8 Å². The van der Waals surface area contributed by atoms with Crippen LogP contribution >= 0.6 is 0 Å². The maximum atomic E-state index is 11.4. The molecule has 0 atom stereocenters. The van der Waals surface area contributed by atoms with Crippen LogP contribution in [0.15, 0.2) is 12.1 Å². The Bertz CT molecular complexity index is 424. The Morgan fingerprint density at radius 2 is 1.73 bits per heavy atom. The van der Waals surface area contributed by atoms with Crippen molar-refractivity contribution in [3.63, 3.8) is 0 Å². The first-order valence-corrected chi connectivity index (χ1v) is 4.46. The standard InChI is InChI=1S/C11H13NO3/c1-6-4-8(10(13)11(12)14)9(15-3)5-7(6)2/h4-5H,1-3H3,(H2,12,14). The summed E-state index contributed by atoms with van der Waals surface area (Å²) in [6, 6.07) is 3.33. The number of ether oxygens (including phenoxy) is 1. The number of ketones is 1. The number of benzene rings is 1. The van der Waals surface area contributed by atoms with Crippen molar-refractivity contribution in [2.24, 2.45) is 5.73 Å². The van der Waals surface area contributed by atoms with Gasteiger partial charge in [0.05, 0.1) is 12.7 Å². The largest absolute Gasteiger partial charge is 0.496 e. The predicted octanol–water partition coefficient (Wildman–Crippen LogP) is 0.980. The normalized spacial score (nSPS) is 9.80. The third-order valence-electron chi connectivity index (χ3n) is 2.28. The van der Waals surface area contributed by atoms with Crippen molar-refractivity contribution in [3.8, 4) is 5.75 Å². The van der Waals surface area contributed by atoms with Gasteiger partial charge in [0.2, 0.25) is 0 Å². The van der Waals surface area contributed by atoms with Crippen LogP contribution in [-0.2, 0) is 4.79 Å². The lowest BCUT2D eigenvalue weighted by atomic mass is 10.0. The topological polar surface area (TPSA) is 69.4 Å². The molecule has 1 aromatic rings. The summed E-state index contributed by atoms with van der Waals surface area (Å²) in [7, 11) is 1.45. The van der Waals surface area contributed by atoms with Crippen molar-refractivity contribution in [1.82, 2.24) is 0 Å². The van der Waals surface area contributed by atoms with Gasteiger partial charge in [-0.1, -0.05) is 0 Å². The molecule has 15 heavy (non-hydrogen) atoms. The van der Waals surface area contributed by atoms with Gasteiger partial charge in [0, 0.05) is 0 Å². The minimum absolute atomic E-state index is 0.216. The molecule has 4 heteroatoms. The summed E-state index contributed by atoms with van der Waals surface area (Å²) >= 11 is 0. The summed E-state index contributed by atoms with van der Waals surface area (Å²) < 4.78 is 5.02. The first-order valence-electron chi connectivity index (χ1n) is 4.46. The van der Waals surface area contributed by atoms with Crippen LogP contribution in [0.4, 0.5) is 0 Å². The molecule has 0 fully saturated rings. The van der Waals surface area contributed by atoms with E-state index in [4.69, 9.17) is 10.5 Å². The second-order valence-electron chi connectivity index (χ2n) is 3.33. The van der Waals surface area contributed by atoms with E-state index >= 15 is 0 Å². The van der Waals surface area contributed by atoms with Crippen LogP contribution < -0.4 is 10.5 Å². The SMILES string of the molecule is COc1cc(C)c(C)cc1C(=O)C(N)=O. The van der Waals surface area contributed by atoms with E-state index in [1.165, 1.54) is 7.11 Å². The average Bonchev–Trinajstić information content (AvgIpc) is 2.20. The maximum Gasteiger partial charge on any atom is 0.289 e. The van der Waals surface area contributed by atoms with Crippen molar-refractivity contribution >= 4 is 11.7 Å². The number of carbonyl (C=O) groups is 2. The van der Waals surface area contributed by atoms with Gasteiger partial charge in [-0.05, 0) is 37.1 Å². The zero-order valence-corrected chi connectivity index (χ0v) is 8.96. The molecule has 0 radical (unpaired) electrons. The highest BCUT2D eigenvalue weighted by atomic mass is 16.5. The summed E-state index contributed by atoms with van der Waals surface area (Å²) in [5.74, 6) is -1.33. The highest BCUT2D eigenvalue weighted by Gasteiger charge is 2.18. The molecular weight excluding hydrogens is 194 g/mol. The average molecular weight is 207 g/mol. The van der Waals surface area contributed by atoms with E-state index in [2.05, 4.69) is 0 Å². The van der Waals surface area contributed by atoms with Crippen LogP contribution in [0.25, 0.3) is 0 Å². The van der Waals surface area contributed by atoms with Crippen molar-refractivity contribution in [2.75, 3.05) is 7.11 Å². The van der Waals surface area contributed by atoms with Gasteiger partial charge in [-0.15, -0.1) is 0 Å². The monoisotopic (exact) mass is 207 g/mol. The van der Waals surface area contributed by atoms with E-state index in [9.17, 15) is 9.59 Å². The second kappa shape index (κ2) is 4.13. The van der Waals surface area contributed by atoms with Crippen LogP contribution in [0.1, 0.15) is 21.5 Å². The molecule has 0 bridgehead atoms. The number of amides is 1. The number of rotatable bonds is 3. The van der Waals surface area contributed by atoms with Crippen LogP contribution in [-0.4, -0.2) is 18.8 Å². The molecule has 0 aromatic heterocycles. The molecule has 0 aliphatic heterocycles. The van der Waals surface area contributed by atoms with Crippen molar-refractivity contribution in [2.45, 2.75) is 13.8 Å². The second-order valence-corrected chi connectivity index (χ2v) is 3.33. The summed E-state index contributed by atoms with van der Waals surface area (Å²) in [4.78, 5) is 22.2. The number of carbonyl (C=O) groups excluding carboxylic acids is 2. The van der Waals surface area contributed by atoms with E-state index in [0.29, 0.717) is 5.75 Å². The molecule has 0 aliphatic carbocycles. The molecule has 0 saturated heterocycles. The van der Waals surface area contributed by atoms with Gasteiger partial charge in [-0.3, -0.25) is 9.59 Å². The Kier molecular flexibility index (Phi) is 3.09. The summed E-state index contributed by atoms with van der Waals surface area (Å²) in [6.07, 6.45) is 0. The molecule has 4 nitrogen and oxygen atoms in total. The number of hydrogen-bond donors (Lipinski definition) is 1. The van der Waals surface area contributed by atoms with Crippen LogP contribution in [0.2, 0.25) is 0 Å². The van der Waals surface area contributed by atoms with Crippen molar-refractivity contribution in [3.05, 3.63) is 28.8 Å². The van der Waals surface area contributed by atoms with Crippen LogP contribution in [0.5, 0.6) is 5.75 Å². The van der Waals surface area contributed by atoms with Gasteiger partial charge in [0.25, 0.3) is 11.7 Å². The Labute approximate surface area is 88.0 Å². The lowest BCUT2D eigenvalue weighted by Gasteiger charge is -2.09. The van der Waals surface area contributed by atoms with Crippen LogP contribution in [0, 0.1) is 13.8 Å². The van der Waals surface area contributed by atoms with E-state index in [1.54, 1.807) is 12.1 Å². The van der Waals surface area contributed by atoms with E-state index in [0.717, 1.165) is 11.1 Å². The Morgan fingerprint density at radius 3 is 2.20 bits per heavy atom. The molecule has 0 heterocycles. The number of primary amides is 1. The minimum atomic E-state index is -0.975. The first kappa shape index (κ1) is 11.2. The molecule has 2 N–H and O–H groups in total. The first-order chi connectivity index (χ1) is 6.97. The van der Waals surface area contributed by atoms with Crippen molar-refractivity contribution < 1.29 is 14.3 Å². The quantitative estimate of drug-likeness (QED) is 0.593. The molecular formula is C11H13NO3. The molecule has 0 aliphatic rings. The Hall–Kier alpha value is -1.84. The van der Waals surface area contributed by atoms with E-state index < -0.39 is 11.7 Å². The van der Waals surface area contributed by atoms with Gasteiger partial charge in [-0.25, -0.2) is 0 Å². The highest BCUT2D eigenvalue weighted by Crippen LogP contribution is 2.23. The lowest BCUT2D eigenvalue weighted by Crippen LogP contribution is -2.23. The van der Waals surface area contributed by atoms with Gasteiger partial charge in [-0.2, -0.15) is 0 Å². The zero-order valence-electron chi connectivity index (χ0n) is 8.96. The summed E-state index contributed by atoms with van der Waals surface area (Å²) in [5.41, 5.74) is 7.06. The maximum absolute atomic E-state index is 11.4. The molecule has 1 amide bonds. The third kappa shape index (κ3) is 2.15. The van der Waals surface area contributed by atoms with Gasteiger partial charge in [0.15, 0.2) is 0 Å². The fourth-order valence-corrected chi connectivity index (χ4v) is 1.27. The molecule has 0 spiro atoms. The Morgan fingerprint density at radius 1 is 1.20 bits per heavy atom. The number of methoxy groups -OCH3 is 1. The van der Waals surface area contributed by atoms with E-state index in [-0.39, 0.29) is 5.56 Å². The summed E-state index contributed by atoms with van der Waals surface area (Å²) in [5, 5.41) is 0. The molecule has 0 unspecified atom stereocenters. The fourth-order valence-electron chi connectivity index (χ4n) is 1.27. The zero-order chi connectivity index (χ0) is 11.6. The van der Waals surface area contributed by atoms with Crippen molar-refractivity contribution in [1.29, 1.82) is 0 Å². The van der Waals surface area contributed by atoms with Gasteiger partial charge >= 0.3 is 0 Å². The number of aryl methyl sites for hydroxylation is 2. The Balaban J connectivity index is 3.34. The highest BCUT2D eigenvalue weighted by molar-refractivity contribution is 6.43. The smallest absolute Gasteiger partial charge is 0.289 e. The number of Topliss-reactive ketones (excluding diaryl/α,β-unsaturated/α-hetero) is 1. The number of nitrogens with two attached hydrogens (primary N) is 1. The summed E-state index contributed by atoms with van der Waals surface area (Å²) in [6.45, 7) is 3.75. The molecule has 1 rings (SSSR count). The number of hydrogen-bond acceptors (Lipinski definition) is 3. The lowest BCUT2D eigenvalue weighted by molar-refractivity contribution is -0.114. The fraction of sp³-hybridized carbons (Fsp3) is 0.273. The molecule has 0 saturated carbocycles. The van der Waals surface area contributed by atoms with Crippen LogP contribution in [0.3, 0.4) is 0 Å². The minimum Gasteiger partial charge on any atom is -0.496 e. The van der Waals surface area contributed by atoms with Gasteiger partial charge < -0.3 is 10.5 Å². The predicted molar refractivity (Wildman–Crippen MR) is 56.0 cm³/mol.